The molecule has 114 valence electrons. The van der Waals surface area contributed by atoms with E-state index in [9.17, 15) is 18.4 Å². The van der Waals surface area contributed by atoms with Crippen molar-refractivity contribution < 1.29 is 23.1 Å². The molecule has 0 unspecified atom stereocenters. The van der Waals surface area contributed by atoms with Gasteiger partial charge in [0.05, 0.1) is 11.3 Å². The maximum Gasteiger partial charge on any atom is 0.387 e. The second-order valence-electron chi connectivity index (χ2n) is 4.27. The summed E-state index contributed by atoms with van der Waals surface area (Å²) in [6.45, 7) is -2.98. The third-order valence-corrected chi connectivity index (χ3v) is 2.76. The Morgan fingerprint density at radius 3 is 2.50 bits per heavy atom. The van der Waals surface area contributed by atoms with Gasteiger partial charge >= 0.3 is 6.61 Å². The predicted octanol–water partition coefficient (Wildman–Crippen LogP) is 2.64. The molecule has 0 atom stereocenters. The number of amides is 2. The first kappa shape index (κ1) is 15.4. The smallest absolute Gasteiger partial charge is 0.387 e. The molecule has 2 rings (SSSR count). The maximum atomic E-state index is 12.2. The number of primary amides is 1. The number of nitrogens with one attached hydrogen (secondary N) is 1. The fraction of sp³-hybridized carbons (Fsp3) is 0.0667. The number of benzene rings is 2. The highest BCUT2D eigenvalue weighted by atomic mass is 19.3. The predicted molar refractivity (Wildman–Crippen MR) is 76.0 cm³/mol. The Morgan fingerprint density at radius 1 is 1.09 bits per heavy atom. The van der Waals surface area contributed by atoms with Crippen LogP contribution < -0.4 is 15.8 Å². The van der Waals surface area contributed by atoms with Gasteiger partial charge in [-0.3, -0.25) is 9.59 Å². The van der Waals surface area contributed by atoms with Crippen LogP contribution in [0.2, 0.25) is 0 Å². The molecule has 0 bridgehead atoms. The van der Waals surface area contributed by atoms with Crippen LogP contribution in [0.25, 0.3) is 0 Å². The number of hydrogen-bond donors (Lipinski definition) is 2. The third-order valence-electron chi connectivity index (χ3n) is 2.76. The van der Waals surface area contributed by atoms with E-state index in [-0.39, 0.29) is 22.6 Å². The zero-order valence-electron chi connectivity index (χ0n) is 11.3. The number of carbonyl (C=O) groups is 2. The normalized spacial score (nSPS) is 10.3. The Morgan fingerprint density at radius 2 is 1.82 bits per heavy atom. The molecular formula is C15H12F2N2O3. The molecule has 2 aromatic carbocycles. The highest BCUT2D eigenvalue weighted by Crippen LogP contribution is 2.19. The van der Waals surface area contributed by atoms with Crippen LogP contribution >= 0.6 is 0 Å². The summed E-state index contributed by atoms with van der Waals surface area (Å²) < 4.78 is 28.6. The van der Waals surface area contributed by atoms with E-state index in [1.807, 2.05) is 0 Å². The van der Waals surface area contributed by atoms with E-state index >= 15 is 0 Å². The fourth-order valence-corrected chi connectivity index (χ4v) is 1.81. The molecule has 0 aliphatic rings. The summed E-state index contributed by atoms with van der Waals surface area (Å²) in [5.74, 6) is -1.40. The zero-order chi connectivity index (χ0) is 16.1. The average Bonchev–Trinajstić information content (AvgIpc) is 2.47. The van der Waals surface area contributed by atoms with E-state index in [2.05, 4.69) is 10.1 Å². The van der Waals surface area contributed by atoms with Gasteiger partial charge in [-0.2, -0.15) is 8.78 Å². The lowest BCUT2D eigenvalue weighted by Gasteiger charge is -2.10. The van der Waals surface area contributed by atoms with Crippen molar-refractivity contribution in [2.75, 3.05) is 5.32 Å². The Labute approximate surface area is 124 Å². The second-order valence-corrected chi connectivity index (χ2v) is 4.27. The van der Waals surface area contributed by atoms with Gasteiger partial charge in [0.1, 0.15) is 5.75 Å². The summed E-state index contributed by atoms with van der Waals surface area (Å²) in [4.78, 5) is 23.4. The number of para-hydroxylation sites is 1. The van der Waals surface area contributed by atoms with Crippen molar-refractivity contribution in [2.45, 2.75) is 6.61 Å². The van der Waals surface area contributed by atoms with E-state index in [0.717, 1.165) is 0 Å². The lowest BCUT2D eigenvalue weighted by atomic mass is 10.1. The van der Waals surface area contributed by atoms with Crippen LogP contribution in [0.5, 0.6) is 5.75 Å². The monoisotopic (exact) mass is 306 g/mol. The highest BCUT2D eigenvalue weighted by Gasteiger charge is 2.13. The largest absolute Gasteiger partial charge is 0.435 e. The van der Waals surface area contributed by atoms with E-state index in [1.54, 1.807) is 12.1 Å². The van der Waals surface area contributed by atoms with Gasteiger partial charge in [0.2, 0.25) is 0 Å². The average molecular weight is 306 g/mol. The van der Waals surface area contributed by atoms with Gasteiger partial charge < -0.3 is 15.8 Å². The summed E-state index contributed by atoms with van der Waals surface area (Å²) in [7, 11) is 0. The molecule has 5 nitrogen and oxygen atoms in total. The third kappa shape index (κ3) is 3.78. The van der Waals surface area contributed by atoms with Crippen molar-refractivity contribution in [3.63, 3.8) is 0 Å². The maximum absolute atomic E-state index is 12.2. The van der Waals surface area contributed by atoms with E-state index in [4.69, 9.17) is 5.73 Å². The van der Waals surface area contributed by atoms with Crippen molar-refractivity contribution in [1.29, 1.82) is 0 Å². The number of ether oxygens (including phenoxy) is 1. The minimum atomic E-state index is -2.98. The van der Waals surface area contributed by atoms with Crippen LogP contribution in [-0.4, -0.2) is 18.4 Å². The number of anilines is 1. The zero-order valence-corrected chi connectivity index (χ0v) is 11.3. The van der Waals surface area contributed by atoms with Gasteiger partial charge in [-0.1, -0.05) is 18.2 Å². The summed E-state index contributed by atoms with van der Waals surface area (Å²) in [6, 6.07) is 11.5. The summed E-state index contributed by atoms with van der Waals surface area (Å²) in [6.07, 6.45) is 0. The van der Waals surface area contributed by atoms with Crippen LogP contribution in [0, 0.1) is 0 Å². The molecule has 22 heavy (non-hydrogen) atoms. The Kier molecular flexibility index (Phi) is 4.67. The second kappa shape index (κ2) is 6.66. The van der Waals surface area contributed by atoms with E-state index in [0.29, 0.717) is 0 Å². The highest BCUT2D eigenvalue weighted by molar-refractivity contribution is 6.08. The number of alkyl halides is 2. The molecule has 0 heterocycles. The van der Waals surface area contributed by atoms with Crippen molar-refractivity contribution in [2.24, 2.45) is 5.73 Å². The SMILES string of the molecule is NC(=O)c1ccccc1NC(=O)c1cccc(OC(F)F)c1. The lowest BCUT2D eigenvalue weighted by molar-refractivity contribution is -0.0498. The van der Waals surface area contributed by atoms with Crippen LogP contribution in [0.3, 0.4) is 0 Å². The molecule has 3 N–H and O–H groups in total. The van der Waals surface area contributed by atoms with Crippen molar-refractivity contribution in [3.8, 4) is 5.75 Å². The van der Waals surface area contributed by atoms with Gasteiger partial charge in [-0.25, -0.2) is 0 Å². The van der Waals surface area contributed by atoms with Crippen molar-refractivity contribution in [1.82, 2.24) is 0 Å². The van der Waals surface area contributed by atoms with E-state index < -0.39 is 18.4 Å². The quantitative estimate of drug-likeness (QED) is 0.891. The van der Waals surface area contributed by atoms with Gasteiger partial charge in [-0.05, 0) is 30.3 Å². The number of carbonyl (C=O) groups excluding carboxylic acids is 2. The fourth-order valence-electron chi connectivity index (χ4n) is 1.81. The molecule has 0 aliphatic carbocycles. The van der Waals surface area contributed by atoms with Crippen LogP contribution in [0.15, 0.2) is 48.5 Å². The lowest BCUT2D eigenvalue weighted by Crippen LogP contribution is -2.18. The molecule has 7 heteroatoms. The van der Waals surface area contributed by atoms with Crippen LogP contribution in [0.4, 0.5) is 14.5 Å². The van der Waals surface area contributed by atoms with Crippen LogP contribution in [-0.2, 0) is 0 Å². The molecule has 0 radical (unpaired) electrons. The minimum absolute atomic E-state index is 0.109. The number of rotatable bonds is 5. The Balaban J connectivity index is 2.21. The molecular weight excluding hydrogens is 294 g/mol. The molecule has 0 aliphatic heterocycles. The van der Waals surface area contributed by atoms with Gasteiger partial charge in [0, 0.05) is 5.56 Å². The first-order valence-electron chi connectivity index (χ1n) is 6.22. The van der Waals surface area contributed by atoms with Gasteiger partial charge in [0.15, 0.2) is 0 Å². The summed E-state index contributed by atoms with van der Waals surface area (Å²) in [5.41, 5.74) is 5.71. The van der Waals surface area contributed by atoms with Crippen molar-refractivity contribution in [3.05, 3.63) is 59.7 Å². The molecule has 0 saturated heterocycles. The molecule has 0 spiro atoms. The summed E-state index contributed by atoms with van der Waals surface area (Å²) in [5, 5.41) is 2.51. The number of nitrogens with two attached hydrogens (primary N) is 1. The minimum Gasteiger partial charge on any atom is -0.435 e. The van der Waals surface area contributed by atoms with Gasteiger partial charge in [-0.15, -0.1) is 0 Å². The van der Waals surface area contributed by atoms with E-state index in [1.165, 1.54) is 36.4 Å². The van der Waals surface area contributed by atoms with Crippen LogP contribution in [0.1, 0.15) is 20.7 Å². The van der Waals surface area contributed by atoms with Gasteiger partial charge in [0.25, 0.3) is 11.8 Å². The molecule has 0 fully saturated rings. The Bertz CT molecular complexity index is 705. The molecule has 0 saturated carbocycles. The van der Waals surface area contributed by atoms with Crippen molar-refractivity contribution >= 4 is 17.5 Å². The summed E-state index contributed by atoms with van der Waals surface area (Å²) >= 11 is 0. The first-order chi connectivity index (χ1) is 10.5. The topological polar surface area (TPSA) is 81.4 Å². The number of halogens is 2. The molecule has 2 aromatic rings. The first-order valence-corrected chi connectivity index (χ1v) is 6.22. The standard InChI is InChI=1S/C15H12F2N2O3/c16-15(17)22-10-5-3-4-9(8-10)14(21)19-12-7-2-1-6-11(12)13(18)20/h1-8,15H,(H2,18,20)(H,19,21). The molecule has 2 amide bonds. The Hall–Kier alpha value is -2.96. The molecule has 0 aromatic heterocycles. The number of hydrogen-bond acceptors (Lipinski definition) is 3.